The van der Waals surface area contributed by atoms with Crippen LogP contribution in [0.1, 0.15) is 13.8 Å². The molecule has 0 aliphatic carbocycles. The molecule has 2 aromatic heterocycles. The second-order valence-electron chi connectivity index (χ2n) is 5.64. The van der Waals surface area contributed by atoms with Gasteiger partial charge in [-0.1, -0.05) is 25.4 Å². The van der Waals surface area contributed by atoms with E-state index in [2.05, 4.69) is 10.1 Å². The number of aromatic nitrogens is 3. The van der Waals surface area contributed by atoms with Crippen LogP contribution in [0.2, 0.25) is 5.15 Å². The summed E-state index contributed by atoms with van der Waals surface area (Å²) in [5.41, 5.74) is 0.915. The van der Waals surface area contributed by atoms with Crippen molar-refractivity contribution in [3.8, 4) is 5.69 Å². The van der Waals surface area contributed by atoms with Gasteiger partial charge in [-0.05, 0) is 18.4 Å². The summed E-state index contributed by atoms with van der Waals surface area (Å²) in [5.74, 6) is 0.749. The van der Waals surface area contributed by atoms with Crippen LogP contribution in [0.25, 0.3) is 5.69 Å². The minimum atomic E-state index is -0.464. The van der Waals surface area contributed by atoms with Crippen LogP contribution in [0.15, 0.2) is 30.7 Å². The van der Waals surface area contributed by atoms with Gasteiger partial charge in [0.15, 0.2) is 5.15 Å². The summed E-state index contributed by atoms with van der Waals surface area (Å²) in [6, 6.07) is 3.70. The van der Waals surface area contributed by atoms with Crippen molar-refractivity contribution in [3.05, 3.63) is 35.9 Å². The van der Waals surface area contributed by atoms with Gasteiger partial charge in [-0.25, -0.2) is 4.68 Å². The number of carbonyl (C=O) groups excluding carboxylic acids is 1. The third-order valence-corrected chi connectivity index (χ3v) is 4.59. The van der Waals surface area contributed by atoms with Gasteiger partial charge in [-0.3, -0.25) is 9.78 Å². The van der Waals surface area contributed by atoms with Crippen LogP contribution in [0.4, 0.5) is 5.69 Å². The van der Waals surface area contributed by atoms with Gasteiger partial charge in [-0.15, -0.1) is 0 Å². The summed E-state index contributed by atoms with van der Waals surface area (Å²) in [5, 5.41) is 4.55. The number of thioether (sulfide) groups is 1. The Bertz CT molecular complexity index is 657. The van der Waals surface area contributed by atoms with Crippen molar-refractivity contribution in [2.24, 2.45) is 5.41 Å². The number of halogens is 1. The molecule has 0 aliphatic heterocycles. The molecule has 1 amide bonds. The van der Waals surface area contributed by atoms with Gasteiger partial charge in [-0.2, -0.15) is 16.9 Å². The van der Waals surface area contributed by atoms with Crippen LogP contribution in [-0.2, 0) is 4.79 Å². The topological polar surface area (TPSA) is 51.0 Å². The standard InChI is InChI=1S/C15H19ClN4OS/c1-15(2,10-22-4)14(21)19(3)12-9-20(18-13(12)16)11-6-5-7-17-8-11/h5-9H,10H2,1-4H3. The Morgan fingerprint density at radius 1 is 1.50 bits per heavy atom. The molecule has 5 nitrogen and oxygen atoms in total. The van der Waals surface area contributed by atoms with E-state index in [-0.39, 0.29) is 5.91 Å². The molecule has 2 rings (SSSR count). The molecule has 2 aromatic rings. The van der Waals surface area contributed by atoms with Gasteiger partial charge in [0.25, 0.3) is 0 Å². The Labute approximate surface area is 139 Å². The van der Waals surface area contributed by atoms with Crippen molar-refractivity contribution >= 4 is 35.0 Å². The van der Waals surface area contributed by atoms with E-state index in [1.54, 1.807) is 47.0 Å². The highest BCUT2D eigenvalue weighted by atomic mass is 35.5. The van der Waals surface area contributed by atoms with Crippen LogP contribution in [0.3, 0.4) is 0 Å². The molecular weight excluding hydrogens is 320 g/mol. The van der Waals surface area contributed by atoms with Crippen LogP contribution >= 0.6 is 23.4 Å². The van der Waals surface area contributed by atoms with Crippen LogP contribution in [-0.4, -0.2) is 39.7 Å². The lowest BCUT2D eigenvalue weighted by Crippen LogP contribution is -2.40. The molecule has 118 valence electrons. The van der Waals surface area contributed by atoms with Crippen molar-refractivity contribution in [2.45, 2.75) is 13.8 Å². The van der Waals surface area contributed by atoms with Crippen LogP contribution in [0, 0.1) is 5.41 Å². The summed E-state index contributed by atoms with van der Waals surface area (Å²) < 4.78 is 1.62. The highest BCUT2D eigenvalue weighted by Crippen LogP contribution is 2.30. The number of hydrogen-bond acceptors (Lipinski definition) is 4. The normalized spacial score (nSPS) is 11.5. The first-order valence-electron chi connectivity index (χ1n) is 6.79. The number of nitrogens with zero attached hydrogens (tertiary/aromatic N) is 4. The Morgan fingerprint density at radius 3 is 2.82 bits per heavy atom. The van der Waals surface area contributed by atoms with Crippen molar-refractivity contribution in [2.75, 3.05) is 24.0 Å². The summed E-state index contributed by atoms with van der Waals surface area (Å²) in [6.07, 6.45) is 7.11. The average molecular weight is 339 g/mol. The van der Waals surface area contributed by atoms with E-state index < -0.39 is 5.41 Å². The van der Waals surface area contributed by atoms with Crippen LogP contribution < -0.4 is 4.90 Å². The fourth-order valence-corrected chi connectivity index (χ4v) is 3.28. The Balaban J connectivity index is 2.30. The largest absolute Gasteiger partial charge is 0.311 e. The molecule has 0 unspecified atom stereocenters. The maximum Gasteiger partial charge on any atom is 0.233 e. The third kappa shape index (κ3) is 3.44. The number of carbonyl (C=O) groups is 1. The molecule has 0 radical (unpaired) electrons. The van der Waals surface area contributed by atoms with Crippen LogP contribution in [0.5, 0.6) is 0 Å². The molecule has 0 atom stereocenters. The maximum absolute atomic E-state index is 12.7. The Morgan fingerprint density at radius 2 is 2.23 bits per heavy atom. The summed E-state index contributed by atoms with van der Waals surface area (Å²) in [4.78, 5) is 18.3. The van der Waals surface area contributed by atoms with Gasteiger partial charge < -0.3 is 4.90 Å². The van der Waals surface area contributed by atoms with Crippen molar-refractivity contribution in [1.82, 2.24) is 14.8 Å². The number of pyridine rings is 1. The molecule has 0 N–H and O–H groups in total. The van der Waals surface area contributed by atoms with Crippen molar-refractivity contribution in [3.63, 3.8) is 0 Å². The molecule has 2 heterocycles. The molecule has 0 spiro atoms. The summed E-state index contributed by atoms with van der Waals surface area (Å²) in [6.45, 7) is 3.86. The lowest BCUT2D eigenvalue weighted by molar-refractivity contribution is -0.125. The van der Waals surface area contributed by atoms with E-state index in [1.165, 1.54) is 0 Å². The van der Waals surface area contributed by atoms with E-state index in [1.807, 2.05) is 32.2 Å². The smallest absolute Gasteiger partial charge is 0.233 e. The summed E-state index contributed by atoms with van der Waals surface area (Å²) >= 11 is 7.86. The molecule has 0 saturated heterocycles. The first-order valence-corrected chi connectivity index (χ1v) is 8.56. The highest BCUT2D eigenvalue weighted by Gasteiger charge is 2.32. The summed E-state index contributed by atoms with van der Waals surface area (Å²) in [7, 11) is 1.72. The molecule has 7 heteroatoms. The van der Waals surface area contributed by atoms with E-state index in [9.17, 15) is 4.79 Å². The Hall–Kier alpha value is -1.53. The molecule has 0 bridgehead atoms. The highest BCUT2D eigenvalue weighted by molar-refractivity contribution is 7.98. The average Bonchev–Trinajstić information content (AvgIpc) is 2.88. The predicted molar refractivity (Wildman–Crippen MR) is 91.9 cm³/mol. The molecule has 22 heavy (non-hydrogen) atoms. The number of rotatable bonds is 5. The van der Waals surface area contributed by atoms with E-state index in [0.29, 0.717) is 10.8 Å². The lowest BCUT2D eigenvalue weighted by atomic mass is 9.94. The lowest BCUT2D eigenvalue weighted by Gasteiger charge is -2.28. The molecular formula is C15H19ClN4OS. The van der Waals surface area contributed by atoms with Crippen molar-refractivity contribution < 1.29 is 4.79 Å². The monoisotopic (exact) mass is 338 g/mol. The minimum absolute atomic E-state index is 0.00878. The third-order valence-electron chi connectivity index (χ3n) is 3.31. The van der Waals surface area contributed by atoms with Gasteiger partial charge in [0, 0.05) is 19.0 Å². The van der Waals surface area contributed by atoms with Crippen molar-refractivity contribution in [1.29, 1.82) is 0 Å². The second kappa shape index (κ2) is 6.71. The molecule has 0 fully saturated rings. The number of anilines is 1. The number of amides is 1. The zero-order valence-electron chi connectivity index (χ0n) is 13.1. The number of hydrogen-bond donors (Lipinski definition) is 0. The van der Waals surface area contributed by atoms with Gasteiger partial charge in [0.05, 0.1) is 23.5 Å². The zero-order chi connectivity index (χ0) is 16.3. The van der Waals surface area contributed by atoms with E-state index >= 15 is 0 Å². The fourth-order valence-electron chi connectivity index (χ4n) is 2.18. The minimum Gasteiger partial charge on any atom is -0.311 e. The fraction of sp³-hybridized carbons (Fsp3) is 0.400. The Kier molecular flexibility index (Phi) is 5.13. The molecule has 0 saturated carbocycles. The molecule has 0 aromatic carbocycles. The maximum atomic E-state index is 12.7. The predicted octanol–water partition coefficient (Wildman–Crippen LogP) is 3.27. The SMILES string of the molecule is CSCC(C)(C)C(=O)N(C)c1cn(-c2cccnc2)nc1Cl. The van der Waals surface area contributed by atoms with E-state index in [0.717, 1.165) is 11.4 Å². The molecule has 0 aliphatic rings. The van der Waals surface area contributed by atoms with Gasteiger partial charge in [0.2, 0.25) is 5.91 Å². The van der Waals surface area contributed by atoms with Gasteiger partial charge >= 0.3 is 0 Å². The first-order chi connectivity index (χ1) is 10.4. The zero-order valence-corrected chi connectivity index (χ0v) is 14.6. The van der Waals surface area contributed by atoms with E-state index in [4.69, 9.17) is 11.6 Å². The first kappa shape index (κ1) is 16.8. The quantitative estimate of drug-likeness (QED) is 0.839. The van der Waals surface area contributed by atoms with Gasteiger partial charge in [0.1, 0.15) is 5.69 Å². The second-order valence-corrected chi connectivity index (χ2v) is 6.87.